The fourth-order valence-corrected chi connectivity index (χ4v) is 2.82. The summed E-state index contributed by atoms with van der Waals surface area (Å²) in [5, 5.41) is 0. The molecule has 1 unspecified atom stereocenters. The molecule has 2 N–H and O–H groups in total. The first kappa shape index (κ1) is 14.0. The van der Waals surface area contributed by atoms with Crippen LogP contribution in [0.3, 0.4) is 0 Å². The number of likely N-dealkylation sites (tertiary alicyclic amines) is 1. The lowest BCUT2D eigenvalue weighted by Crippen LogP contribution is -2.43. The fraction of sp³-hybridized carbons (Fsp3) is 0.533. The number of aryl methyl sites for hydroxylation is 1. The zero-order valence-electron chi connectivity index (χ0n) is 11.5. The minimum Gasteiger partial charge on any atom is -0.336 e. The molecule has 0 saturated carbocycles. The highest BCUT2D eigenvalue weighted by atomic mass is 19.1. The molecule has 0 bridgehead atoms. The molecular weight excluding hydrogens is 243 g/mol. The van der Waals surface area contributed by atoms with E-state index < -0.39 is 0 Å². The maximum atomic E-state index is 13.5. The Morgan fingerprint density at radius 1 is 1.47 bits per heavy atom. The molecule has 1 amide bonds. The molecule has 0 aromatic heterocycles. The molecular formula is C15H21FN2O. The van der Waals surface area contributed by atoms with Crippen molar-refractivity contribution in [2.24, 2.45) is 5.73 Å². The summed E-state index contributed by atoms with van der Waals surface area (Å²) in [6, 6.07) is 6.65. The van der Waals surface area contributed by atoms with Crippen molar-refractivity contribution in [3.63, 3.8) is 0 Å². The summed E-state index contributed by atoms with van der Waals surface area (Å²) >= 11 is 0. The van der Waals surface area contributed by atoms with Crippen LogP contribution >= 0.6 is 0 Å². The Morgan fingerprint density at radius 3 is 2.74 bits per heavy atom. The van der Waals surface area contributed by atoms with Gasteiger partial charge in [0.2, 0.25) is 5.91 Å². The van der Waals surface area contributed by atoms with Gasteiger partial charge < -0.3 is 10.6 Å². The molecule has 1 atom stereocenters. The van der Waals surface area contributed by atoms with Gasteiger partial charge in [0, 0.05) is 24.5 Å². The van der Waals surface area contributed by atoms with Gasteiger partial charge in [0.25, 0.3) is 0 Å². The number of nitrogens with zero attached hydrogens (tertiary/aromatic N) is 1. The van der Waals surface area contributed by atoms with Crippen LogP contribution in [0.2, 0.25) is 0 Å². The van der Waals surface area contributed by atoms with E-state index in [1.165, 1.54) is 6.07 Å². The van der Waals surface area contributed by atoms with Crippen LogP contribution in [0.25, 0.3) is 0 Å². The Kier molecular flexibility index (Phi) is 3.90. The van der Waals surface area contributed by atoms with Crippen molar-refractivity contribution in [2.45, 2.75) is 44.7 Å². The van der Waals surface area contributed by atoms with E-state index in [0.29, 0.717) is 24.9 Å². The topological polar surface area (TPSA) is 46.3 Å². The van der Waals surface area contributed by atoms with Crippen LogP contribution in [-0.2, 0) is 11.2 Å². The number of amides is 1. The third kappa shape index (κ3) is 3.13. The Labute approximate surface area is 113 Å². The minimum absolute atomic E-state index is 0.0485. The van der Waals surface area contributed by atoms with Crippen molar-refractivity contribution >= 4 is 5.91 Å². The van der Waals surface area contributed by atoms with E-state index in [1.807, 2.05) is 18.7 Å². The van der Waals surface area contributed by atoms with Crippen LogP contribution in [0.1, 0.15) is 32.3 Å². The second-order valence-electron chi connectivity index (χ2n) is 5.87. The van der Waals surface area contributed by atoms with Crippen LogP contribution in [0.15, 0.2) is 24.3 Å². The number of halogens is 1. The third-order valence-corrected chi connectivity index (χ3v) is 3.78. The summed E-state index contributed by atoms with van der Waals surface area (Å²) < 4.78 is 13.5. The molecule has 0 radical (unpaired) electrons. The largest absolute Gasteiger partial charge is 0.336 e. The molecule has 0 spiro atoms. The van der Waals surface area contributed by atoms with E-state index >= 15 is 0 Å². The van der Waals surface area contributed by atoms with Gasteiger partial charge in [0.15, 0.2) is 0 Å². The standard InChI is InChI=1S/C15H21FN2O/c1-15(2)9-12(17)10-18(15)14(19)8-7-11-5-3-4-6-13(11)16/h3-6,12H,7-10,17H2,1-2H3. The van der Waals surface area contributed by atoms with Crippen molar-refractivity contribution in [3.05, 3.63) is 35.6 Å². The number of nitrogens with two attached hydrogens (primary N) is 1. The average molecular weight is 264 g/mol. The third-order valence-electron chi connectivity index (χ3n) is 3.78. The number of carbonyl (C=O) groups excluding carboxylic acids is 1. The van der Waals surface area contributed by atoms with E-state index in [9.17, 15) is 9.18 Å². The molecule has 1 saturated heterocycles. The molecule has 1 aromatic carbocycles. The molecule has 0 aliphatic carbocycles. The van der Waals surface area contributed by atoms with Gasteiger partial charge in [-0.25, -0.2) is 4.39 Å². The lowest BCUT2D eigenvalue weighted by molar-refractivity contribution is -0.134. The highest BCUT2D eigenvalue weighted by Crippen LogP contribution is 2.28. The van der Waals surface area contributed by atoms with Crippen LogP contribution < -0.4 is 5.73 Å². The monoisotopic (exact) mass is 264 g/mol. The quantitative estimate of drug-likeness (QED) is 0.908. The second-order valence-corrected chi connectivity index (χ2v) is 5.87. The van der Waals surface area contributed by atoms with Crippen LogP contribution in [-0.4, -0.2) is 28.9 Å². The highest BCUT2D eigenvalue weighted by molar-refractivity contribution is 5.77. The van der Waals surface area contributed by atoms with Crippen molar-refractivity contribution < 1.29 is 9.18 Å². The molecule has 1 fully saturated rings. The summed E-state index contributed by atoms with van der Waals surface area (Å²) in [7, 11) is 0. The molecule has 2 rings (SSSR count). The zero-order chi connectivity index (χ0) is 14.0. The second kappa shape index (κ2) is 5.29. The molecule has 1 heterocycles. The number of hydrogen-bond acceptors (Lipinski definition) is 2. The van der Waals surface area contributed by atoms with E-state index in [1.54, 1.807) is 18.2 Å². The molecule has 1 aliphatic rings. The van der Waals surface area contributed by atoms with Crippen molar-refractivity contribution in [3.8, 4) is 0 Å². The Morgan fingerprint density at radius 2 is 2.16 bits per heavy atom. The van der Waals surface area contributed by atoms with Crippen molar-refractivity contribution in [2.75, 3.05) is 6.54 Å². The minimum atomic E-state index is -0.243. The smallest absolute Gasteiger partial charge is 0.223 e. The van der Waals surface area contributed by atoms with Crippen LogP contribution in [0.5, 0.6) is 0 Å². The molecule has 1 aliphatic heterocycles. The molecule has 4 heteroatoms. The van der Waals surface area contributed by atoms with Gasteiger partial charge in [-0.2, -0.15) is 0 Å². The molecule has 3 nitrogen and oxygen atoms in total. The number of carbonyl (C=O) groups is 1. The van der Waals surface area contributed by atoms with Crippen molar-refractivity contribution in [1.82, 2.24) is 4.90 Å². The number of rotatable bonds is 3. The number of hydrogen-bond donors (Lipinski definition) is 1. The van der Waals surface area contributed by atoms with Gasteiger partial charge in [-0.3, -0.25) is 4.79 Å². The maximum absolute atomic E-state index is 13.5. The Hall–Kier alpha value is -1.42. The molecule has 104 valence electrons. The summed E-state index contributed by atoms with van der Waals surface area (Å²) in [4.78, 5) is 14.1. The van der Waals surface area contributed by atoms with Gasteiger partial charge >= 0.3 is 0 Å². The summed E-state index contributed by atoms with van der Waals surface area (Å²) in [5.74, 6) is -0.186. The Bertz CT molecular complexity index is 473. The van der Waals surface area contributed by atoms with Crippen LogP contribution in [0, 0.1) is 5.82 Å². The predicted octanol–water partition coefficient (Wildman–Crippen LogP) is 2.10. The van der Waals surface area contributed by atoms with E-state index in [4.69, 9.17) is 5.73 Å². The summed E-state index contributed by atoms with van der Waals surface area (Å²) in [6.07, 6.45) is 1.59. The van der Waals surface area contributed by atoms with E-state index in [2.05, 4.69) is 0 Å². The van der Waals surface area contributed by atoms with E-state index in [0.717, 1.165) is 6.42 Å². The van der Waals surface area contributed by atoms with Gasteiger partial charge in [-0.05, 0) is 38.3 Å². The number of benzene rings is 1. The summed E-state index contributed by atoms with van der Waals surface area (Å²) in [5.41, 5.74) is 6.32. The summed E-state index contributed by atoms with van der Waals surface area (Å²) in [6.45, 7) is 4.66. The lowest BCUT2D eigenvalue weighted by Gasteiger charge is -2.31. The van der Waals surface area contributed by atoms with Gasteiger partial charge in [-0.15, -0.1) is 0 Å². The SMILES string of the molecule is CC1(C)CC(N)CN1C(=O)CCc1ccccc1F. The zero-order valence-corrected chi connectivity index (χ0v) is 11.5. The fourth-order valence-electron chi connectivity index (χ4n) is 2.82. The van der Waals surface area contributed by atoms with E-state index in [-0.39, 0.29) is 23.3 Å². The first-order chi connectivity index (χ1) is 8.90. The molecule has 19 heavy (non-hydrogen) atoms. The normalized spacial score (nSPS) is 21.7. The maximum Gasteiger partial charge on any atom is 0.223 e. The van der Waals surface area contributed by atoms with Crippen LogP contribution in [0.4, 0.5) is 4.39 Å². The average Bonchev–Trinajstić information content (AvgIpc) is 2.61. The molecule has 1 aromatic rings. The lowest BCUT2D eigenvalue weighted by atomic mass is 10.00. The first-order valence-electron chi connectivity index (χ1n) is 6.69. The first-order valence-corrected chi connectivity index (χ1v) is 6.69. The van der Waals surface area contributed by atoms with Gasteiger partial charge in [0.05, 0.1) is 0 Å². The van der Waals surface area contributed by atoms with Gasteiger partial charge in [-0.1, -0.05) is 18.2 Å². The highest BCUT2D eigenvalue weighted by Gasteiger charge is 2.39. The van der Waals surface area contributed by atoms with Gasteiger partial charge in [0.1, 0.15) is 5.82 Å². The Balaban J connectivity index is 1.97. The predicted molar refractivity (Wildman–Crippen MR) is 73.1 cm³/mol. The van der Waals surface area contributed by atoms with Crippen molar-refractivity contribution in [1.29, 1.82) is 0 Å².